The van der Waals surface area contributed by atoms with Crippen molar-refractivity contribution < 1.29 is 9.47 Å². The van der Waals surface area contributed by atoms with Crippen LogP contribution < -0.4 is 14.4 Å². The van der Waals surface area contributed by atoms with Crippen molar-refractivity contribution in [1.82, 2.24) is 0 Å². The van der Waals surface area contributed by atoms with Crippen LogP contribution in [0.2, 0.25) is 0 Å². The molecule has 112 valence electrons. The second-order valence-electron chi connectivity index (χ2n) is 5.23. The zero-order chi connectivity index (χ0) is 15.0. The van der Waals surface area contributed by atoms with Crippen LogP contribution in [0.5, 0.6) is 11.5 Å². The maximum absolute atomic E-state index is 6.13. The lowest BCUT2D eigenvalue weighted by Gasteiger charge is -2.37. The van der Waals surface area contributed by atoms with Gasteiger partial charge in [0.2, 0.25) is 0 Å². The van der Waals surface area contributed by atoms with Crippen molar-refractivity contribution in [3.05, 3.63) is 40.2 Å². The van der Waals surface area contributed by atoms with Gasteiger partial charge in [0, 0.05) is 16.3 Å². The Morgan fingerprint density at radius 1 is 1.43 bits per heavy atom. The Morgan fingerprint density at radius 3 is 2.95 bits per heavy atom. The van der Waals surface area contributed by atoms with Gasteiger partial charge in [0.05, 0.1) is 12.8 Å². The number of methoxy groups -OCH3 is 1. The standard InChI is InChI=1S/C16H17Br2NO2/c1-10-3-4-12-13(7-10)21-15-9-11(18)8-14(20-2)16(15)19(12)6-5-17/h4,7-10H,3,5-6H2,1-2H3. The lowest BCUT2D eigenvalue weighted by atomic mass is 9.98. The Bertz CT molecular complexity index is 625. The first-order valence-corrected chi connectivity index (χ1v) is 8.86. The molecule has 2 aliphatic rings. The topological polar surface area (TPSA) is 21.7 Å². The normalized spacial score (nSPS) is 20.0. The molecule has 0 spiro atoms. The number of nitrogens with zero attached hydrogens (tertiary/aromatic N) is 1. The van der Waals surface area contributed by atoms with E-state index in [9.17, 15) is 0 Å². The molecule has 1 aliphatic heterocycles. The smallest absolute Gasteiger partial charge is 0.156 e. The van der Waals surface area contributed by atoms with Gasteiger partial charge in [-0.15, -0.1) is 0 Å². The first-order valence-electron chi connectivity index (χ1n) is 6.95. The molecule has 0 amide bonds. The van der Waals surface area contributed by atoms with Gasteiger partial charge in [0.1, 0.15) is 17.2 Å². The zero-order valence-corrected chi connectivity index (χ0v) is 15.2. The van der Waals surface area contributed by atoms with E-state index >= 15 is 0 Å². The molecule has 5 heteroatoms. The molecule has 1 aromatic carbocycles. The SMILES string of the molecule is COc1cc(Br)cc2c1N(CCBr)C1=CCC(C)C=C1O2. The van der Waals surface area contributed by atoms with Gasteiger partial charge in [0.15, 0.2) is 5.75 Å². The largest absolute Gasteiger partial charge is 0.494 e. The van der Waals surface area contributed by atoms with Crippen LogP contribution in [0.1, 0.15) is 13.3 Å². The summed E-state index contributed by atoms with van der Waals surface area (Å²) >= 11 is 7.07. The highest BCUT2D eigenvalue weighted by molar-refractivity contribution is 9.10. The van der Waals surface area contributed by atoms with E-state index in [1.807, 2.05) is 12.1 Å². The summed E-state index contributed by atoms with van der Waals surface area (Å²) in [5.41, 5.74) is 2.14. The third-order valence-electron chi connectivity index (χ3n) is 3.68. The lowest BCUT2D eigenvalue weighted by Crippen LogP contribution is -2.32. The highest BCUT2D eigenvalue weighted by atomic mass is 79.9. The van der Waals surface area contributed by atoms with Crippen molar-refractivity contribution >= 4 is 37.5 Å². The maximum Gasteiger partial charge on any atom is 0.156 e. The molecule has 3 nitrogen and oxygen atoms in total. The van der Waals surface area contributed by atoms with Crippen LogP contribution in [-0.2, 0) is 0 Å². The van der Waals surface area contributed by atoms with Crippen LogP contribution in [0.3, 0.4) is 0 Å². The fourth-order valence-corrected chi connectivity index (χ4v) is 3.52. The quantitative estimate of drug-likeness (QED) is 0.659. The summed E-state index contributed by atoms with van der Waals surface area (Å²) in [5.74, 6) is 3.10. The number of allylic oxidation sites excluding steroid dienone is 2. The molecule has 1 aromatic rings. The fourth-order valence-electron chi connectivity index (χ4n) is 2.74. The van der Waals surface area contributed by atoms with Crippen molar-refractivity contribution in [2.75, 3.05) is 23.9 Å². The average molecular weight is 415 g/mol. The maximum atomic E-state index is 6.13. The molecule has 1 aliphatic carbocycles. The van der Waals surface area contributed by atoms with Crippen molar-refractivity contribution in [3.8, 4) is 11.5 Å². The van der Waals surface area contributed by atoms with Gasteiger partial charge >= 0.3 is 0 Å². The number of fused-ring (bicyclic) bond motifs is 2. The van der Waals surface area contributed by atoms with Gasteiger partial charge in [-0.2, -0.15) is 0 Å². The van der Waals surface area contributed by atoms with Crippen LogP contribution in [-0.4, -0.2) is 19.0 Å². The molecule has 0 aromatic heterocycles. The van der Waals surface area contributed by atoms with E-state index in [0.717, 1.165) is 51.4 Å². The number of benzene rings is 1. The summed E-state index contributed by atoms with van der Waals surface area (Å²) in [6.45, 7) is 3.07. The second kappa shape index (κ2) is 6.05. The number of hydrogen-bond acceptors (Lipinski definition) is 3. The number of halogens is 2. The van der Waals surface area contributed by atoms with Crippen molar-refractivity contribution in [3.63, 3.8) is 0 Å². The molecule has 0 radical (unpaired) electrons. The molecule has 0 fully saturated rings. The van der Waals surface area contributed by atoms with E-state index in [2.05, 4.69) is 55.8 Å². The molecular weight excluding hydrogens is 398 g/mol. The van der Waals surface area contributed by atoms with Gasteiger partial charge in [-0.25, -0.2) is 0 Å². The van der Waals surface area contributed by atoms with E-state index in [1.54, 1.807) is 7.11 Å². The summed E-state index contributed by atoms with van der Waals surface area (Å²) in [4.78, 5) is 2.27. The van der Waals surface area contributed by atoms with Gasteiger partial charge in [-0.05, 0) is 30.5 Å². The summed E-state index contributed by atoms with van der Waals surface area (Å²) < 4.78 is 12.6. The minimum absolute atomic E-state index is 0.505. The highest BCUT2D eigenvalue weighted by Crippen LogP contribution is 2.48. The second-order valence-corrected chi connectivity index (χ2v) is 6.94. The Hall–Kier alpha value is -0.940. The molecular formula is C16H17Br2NO2. The Morgan fingerprint density at radius 2 is 2.24 bits per heavy atom. The minimum atomic E-state index is 0.505. The number of anilines is 1. The average Bonchev–Trinajstić information content (AvgIpc) is 2.45. The predicted molar refractivity (Wildman–Crippen MR) is 92.4 cm³/mol. The molecule has 1 heterocycles. The number of alkyl halides is 1. The number of ether oxygens (including phenoxy) is 2. The van der Waals surface area contributed by atoms with Gasteiger partial charge < -0.3 is 14.4 Å². The minimum Gasteiger partial charge on any atom is -0.494 e. The van der Waals surface area contributed by atoms with E-state index in [4.69, 9.17) is 9.47 Å². The first kappa shape index (κ1) is 15.0. The highest BCUT2D eigenvalue weighted by Gasteiger charge is 2.31. The fraction of sp³-hybridized carbons (Fsp3) is 0.375. The number of rotatable bonds is 3. The van der Waals surface area contributed by atoms with Gasteiger partial charge in [0.25, 0.3) is 0 Å². The molecule has 21 heavy (non-hydrogen) atoms. The summed E-state index contributed by atoms with van der Waals surface area (Å²) in [6.07, 6.45) is 5.50. The molecule has 1 unspecified atom stereocenters. The molecule has 0 saturated heterocycles. The van der Waals surface area contributed by atoms with E-state index < -0.39 is 0 Å². The Balaban J connectivity index is 2.16. The van der Waals surface area contributed by atoms with E-state index in [1.165, 1.54) is 0 Å². The van der Waals surface area contributed by atoms with Crippen molar-refractivity contribution in [2.45, 2.75) is 13.3 Å². The molecule has 3 rings (SSSR count). The third-order valence-corrected chi connectivity index (χ3v) is 4.50. The monoisotopic (exact) mass is 413 g/mol. The summed E-state index contributed by atoms with van der Waals surface area (Å²) in [7, 11) is 1.69. The van der Waals surface area contributed by atoms with Crippen molar-refractivity contribution in [2.24, 2.45) is 5.92 Å². The Kier molecular flexibility index (Phi) is 4.31. The lowest BCUT2D eigenvalue weighted by molar-refractivity contribution is 0.385. The van der Waals surface area contributed by atoms with Crippen LogP contribution in [0.25, 0.3) is 0 Å². The Labute approximate surface area is 141 Å². The predicted octanol–water partition coefficient (Wildman–Crippen LogP) is 4.86. The van der Waals surface area contributed by atoms with Gasteiger partial charge in [-0.1, -0.05) is 44.9 Å². The first-order chi connectivity index (χ1) is 10.1. The molecule has 0 saturated carbocycles. The summed E-state index contributed by atoms with van der Waals surface area (Å²) in [5, 5.41) is 0.881. The van der Waals surface area contributed by atoms with Crippen molar-refractivity contribution in [1.29, 1.82) is 0 Å². The van der Waals surface area contributed by atoms with Crippen LogP contribution >= 0.6 is 31.9 Å². The zero-order valence-electron chi connectivity index (χ0n) is 12.0. The summed E-state index contributed by atoms with van der Waals surface area (Å²) in [6, 6.07) is 3.97. The number of hydrogen-bond donors (Lipinski definition) is 0. The molecule has 1 atom stereocenters. The van der Waals surface area contributed by atoms with Crippen LogP contribution in [0.15, 0.2) is 40.2 Å². The van der Waals surface area contributed by atoms with E-state index in [0.29, 0.717) is 5.92 Å². The van der Waals surface area contributed by atoms with E-state index in [-0.39, 0.29) is 0 Å². The third kappa shape index (κ3) is 2.73. The van der Waals surface area contributed by atoms with Crippen LogP contribution in [0, 0.1) is 5.92 Å². The molecule has 0 N–H and O–H groups in total. The molecule has 0 bridgehead atoms. The van der Waals surface area contributed by atoms with Gasteiger partial charge in [-0.3, -0.25) is 0 Å². The van der Waals surface area contributed by atoms with Crippen LogP contribution in [0.4, 0.5) is 5.69 Å².